The summed E-state index contributed by atoms with van der Waals surface area (Å²) in [6.45, 7) is 0.956. The fourth-order valence-corrected chi connectivity index (χ4v) is 2.03. The Bertz CT molecular complexity index is 679. The van der Waals surface area contributed by atoms with Crippen LogP contribution in [0.15, 0.2) is 29.1 Å². The SMILES string of the molecule is CNC(=O)c1nn(CCCOC)c(=O)c2ccccc12. The van der Waals surface area contributed by atoms with Crippen LogP contribution in [-0.4, -0.2) is 36.5 Å². The van der Waals surface area contributed by atoms with E-state index >= 15 is 0 Å². The number of aryl methyl sites for hydroxylation is 1. The molecule has 0 radical (unpaired) electrons. The Morgan fingerprint density at radius 3 is 2.70 bits per heavy atom. The summed E-state index contributed by atoms with van der Waals surface area (Å²) in [5, 5.41) is 7.79. The molecule has 2 aromatic rings. The quantitative estimate of drug-likeness (QED) is 0.819. The average Bonchev–Trinajstić information content (AvgIpc) is 2.49. The molecule has 1 aromatic carbocycles. The molecule has 0 spiro atoms. The molecule has 20 heavy (non-hydrogen) atoms. The fraction of sp³-hybridized carbons (Fsp3) is 0.357. The highest BCUT2D eigenvalue weighted by atomic mass is 16.5. The molecule has 1 N–H and O–H groups in total. The third-order valence-corrected chi connectivity index (χ3v) is 3.03. The molecule has 0 bridgehead atoms. The monoisotopic (exact) mass is 275 g/mol. The Balaban J connectivity index is 2.56. The second-order valence-electron chi connectivity index (χ2n) is 4.35. The van der Waals surface area contributed by atoms with Crippen LogP contribution in [0.25, 0.3) is 10.8 Å². The Morgan fingerprint density at radius 2 is 2.05 bits per heavy atom. The Kier molecular flexibility index (Phi) is 4.47. The Labute approximate surface area is 116 Å². The fourth-order valence-electron chi connectivity index (χ4n) is 2.03. The van der Waals surface area contributed by atoms with Crippen molar-refractivity contribution in [2.24, 2.45) is 0 Å². The number of carbonyl (C=O) groups excluding carboxylic acids is 1. The summed E-state index contributed by atoms with van der Waals surface area (Å²) in [4.78, 5) is 24.2. The number of aromatic nitrogens is 2. The number of fused-ring (bicyclic) bond motifs is 1. The molecule has 0 unspecified atom stereocenters. The number of nitrogens with one attached hydrogen (secondary N) is 1. The third kappa shape index (κ3) is 2.70. The summed E-state index contributed by atoms with van der Waals surface area (Å²) in [6.07, 6.45) is 0.662. The van der Waals surface area contributed by atoms with E-state index in [4.69, 9.17) is 4.74 Å². The van der Waals surface area contributed by atoms with E-state index in [0.29, 0.717) is 30.3 Å². The summed E-state index contributed by atoms with van der Waals surface area (Å²) in [5.41, 5.74) is 0.0736. The third-order valence-electron chi connectivity index (χ3n) is 3.03. The minimum absolute atomic E-state index is 0.190. The molecule has 6 nitrogen and oxygen atoms in total. The molecule has 2 rings (SSSR count). The number of methoxy groups -OCH3 is 1. The van der Waals surface area contributed by atoms with E-state index in [2.05, 4.69) is 10.4 Å². The van der Waals surface area contributed by atoms with Crippen LogP contribution >= 0.6 is 0 Å². The first-order chi connectivity index (χ1) is 9.69. The van der Waals surface area contributed by atoms with Crippen LogP contribution < -0.4 is 10.9 Å². The first-order valence-electron chi connectivity index (χ1n) is 6.40. The number of amides is 1. The van der Waals surface area contributed by atoms with Gasteiger partial charge >= 0.3 is 0 Å². The van der Waals surface area contributed by atoms with Gasteiger partial charge in [0.1, 0.15) is 0 Å². The lowest BCUT2D eigenvalue weighted by molar-refractivity contribution is 0.0957. The van der Waals surface area contributed by atoms with Crippen LogP contribution in [0.5, 0.6) is 0 Å². The van der Waals surface area contributed by atoms with Gasteiger partial charge in [0.15, 0.2) is 5.69 Å². The van der Waals surface area contributed by atoms with E-state index in [-0.39, 0.29) is 17.2 Å². The van der Waals surface area contributed by atoms with E-state index in [0.717, 1.165) is 0 Å². The number of nitrogens with zero attached hydrogens (tertiary/aromatic N) is 2. The normalized spacial score (nSPS) is 10.7. The van der Waals surface area contributed by atoms with E-state index in [1.54, 1.807) is 38.4 Å². The number of benzene rings is 1. The van der Waals surface area contributed by atoms with Crippen LogP contribution in [-0.2, 0) is 11.3 Å². The van der Waals surface area contributed by atoms with E-state index < -0.39 is 0 Å². The van der Waals surface area contributed by atoms with Crippen molar-refractivity contribution in [1.29, 1.82) is 0 Å². The summed E-state index contributed by atoms with van der Waals surface area (Å²) >= 11 is 0. The Hall–Kier alpha value is -2.21. The zero-order valence-electron chi connectivity index (χ0n) is 11.5. The van der Waals surface area contributed by atoms with Crippen molar-refractivity contribution in [2.45, 2.75) is 13.0 Å². The lowest BCUT2D eigenvalue weighted by Gasteiger charge is -2.09. The maximum atomic E-state index is 12.3. The summed E-state index contributed by atoms with van der Waals surface area (Å²) in [7, 11) is 3.14. The highest BCUT2D eigenvalue weighted by molar-refractivity contribution is 6.04. The minimum atomic E-state index is -0.304. The zero-order chi connectivity index (χ0) is 14.5. The molecule has 0 fully saturated rings. The molecule has 6 heteroatoms. The number of hydrogen-bond acceptors (Lipinski definition) is 4. The number of hydrogen-bond donors (Lipinski definition) is 1. The number of ether oxygens (including phenoxy) is 1. The lowest BCUT2D eigenvalue weighted by atomic mass is 10.1. The molecule has 0 saturated heterocycles. The predicted octanol–water partition coefficient (Wildman–Crippen LogP) is 0.793. The van der Waals surface area contributed by atoms with Gasteiger partial charge < -0.3 is 10.1 Å². The van der Waals surface area contributed by atoms with Gasteiger partial charge in [0.2, 0.25) is 0 Å². The zero-order valence-corrected chi connectivity index (χ0v) is 11.5. The van der Waals surface area contributed by atoms with Crippen LogP contribution in [0.1, 0.15) is 16.9 Å². The molecule has 0 saturated carbocycles. The topological polar surface area (TPSA) is 73.2 Å². The van der Waals surface area contributed by atoms with Crippen molar-refractivity contribution < 1.29 is 9.53 Å². The lowest BCUT2D eigenvalue weighted by Crippen LogP contribution is -2.29. The van der Waals surface area contributed by atoms with Crippen LogP contribution in [0.3, 0.4) is 0 Å². The smallest absolute Gasteiger partial charge is 0.274 e. The van der Waals surface area contributed by atoms with Crippen molar-refractivity contribution in [3.63, 3.8) is 0 Å². The first-order valence-corrected chi connectivity index (χ1v) is 6.40. The highest BCUT2D eigenvalue weighted by Crippen LogP contribution is 2.13. The molecule has 1 heterocycles. The largest absolute Gasteiger partial charge is 0.385 e. The number of carbonyl (C=O) groups is 1. The van der Waals surface area contributed by atoms with E-state index in [9.17, 15) is 9.59 Å². The van der Waals surface area contributed by atoms with Crippen LogP contribution in [0.2, 0.25) is 0 Å². The Morgan fingerprint density at radius 1 is 1.35 bits per heavy atom. The molecule has 0 aliphatic rings. The predicted molar refractivity (Wildman–Crippen MR) is 75.9 cm³/mol. The van der Waals surface area contributed by atoms with Crippen LogP contribution in [0.4, 0.5) is 0 Å². The molecule has 1 aromatic heterocycles. The van der Waals surface area contributed by atoms with Gasteiger partial charge in [-0.1, -0.05) is 18.2 Å². The van der Waals surface area contributed by atoms with Crippen LogP contribution in [0, 0.1) is 0 Å². The molecule has 0 atom stereocenters. The minimum Gasteiger partial charge on any atom is -0.385 e. The van der Waals surface area contributed by atoms with Crippen molar-refractivity contribution in [3.8, 4) is 0 Å². The first kappa shape index (κ1) is 14.2. The average molecular weight is 275 g/mol. The molecule has 0 aliphatic heterocycles. The van der Waals surface area contributed by atoms with Gasteiger partial charge in [-0.25, -0.2) is 4.68 Å². The highest BCUT2D eigenvalue weighted by Gasteiger charge is 2.15. The van der Waals surface area contributed by atoms with Crippen molar-refractivity contribution in [1.82, 2.24) is 15.1 Å². The van der Waals surface area contributed by atoms with Gasteiger partial charge in [0, 0.05) is 32.7 Å². The molecule has 1 amide bonds. The maximum absolute atomic E-state index is 12.3. The molecule has 106 valence electrons. The van der Waals surface area contributed by atoms with Gasteiger partial charge in [-0.15, -0.1) is 0 Å². The second kappa shape index (κ2) is 6.29. The standard InChI is InChI=1S/C14H17N3O3/c1-15-13(18)12-10-6-3-4-7-11(10)14(19)17(16-12)8-5-9-20-2/h3-4,6-7H,5,8-9H2,1-2H3,(H,15,18). The number of rotatable bonds is 5. The summed E-state index contributed by atoms with van der Waals surface area (Å²) in [5.74, 6) is -0.304. The summed E-state index contributed by atoms with van der Waals surface area (Å²) < 4.78 is 6.29. The van der Waals surface area contributed by atoms with Crippen molar-refractivity contribution >= 4 is 16.7 Å². The second-order valence-corrected chi connectivity index (χ2v) is 4.35. The van der Waals surface area contributed by atoms with Crippen molar-refractivity contribution in [3.05, 3.63) is 40.3 Å². The van der Waals surface area contributed by atoms with Gasteiger partial charge in [0.25, 0.3) is 11.5 Å². The molecular weight excluding hydrogens is 258 g/mol. The van der Waals surface area contributed by atoms with E-state index in [1.165, 1.54) is 4.68 Å². The van der Waals surface area contributed by atoms with E-state index in [1.807, 2.05) is 0 Å². The van der Waals surface area contributed by atoms with Gasteiger partial charge in [-0.05, 0) is 12.5 Å². The van der Waals surface area contributed by atoms with Gasteiger partial charge in [0.05, 0.1) is 5.39 Å². The van der Waals surface area contributed by atoms with Crippen molar-refractivity contribution in [2.75, 3.05) is 20.8 Å². The van der Waals surface area contributed by atoms with Gasteiger partial charge in [-0.3, -0.25) is 9.59 Å². The summed E-state index contributed by atoms with van der Waals surface area (Å²) in [6, 6.07) is 6.99. The van der Waals surface area contributed by atoms with Gasteiger partial charge in [-0.2, -0.15) is 5.10 Å². The molecular formula is C14H17N3O3. The molecule has 0 aliphatic carbocycles. The maximum Gasteiger partial charge on any atom is 0.274 e.